The van der Waals surface area contributed by atoms with Gasteiger partial charge in [-0.15, -0.1) is 11.3 Å². The fourth-order valence-electron chi connectivity index (χ4n) is 4.31. The molecular formula is C18H28S. The van der Waals surface area contributed by atoms with Gasteiger partial charge in [-0.05, 0) is 81.3 Å². The van der Waals surface area contributed by atoms with Crippen LogP contribution >= 0.6 is 11.3 Å². The lowest BCUT2D eigenvalue weighted by molar-refractivity contribution is 0.165. The number of thiophene rings is 1. The average molecular weight is 276 g/mol. The Bertz CT molecular complexity index is 390. The van der Waals surface area contributed by atoms with Crippen molar-refractivity contribution in [3.05, 3.63) is 21.9 Å². The van der Waals surface area contributed by atoms with Crippen molar-refractivity contribution in [2.24, 2.45) is 17.8 Å². The van der Waals surface area contributed by atoms with Crippen molar-refractivity contribution in [3.8, 4) is 0 Å². The zero-order valence-electron chi connectivity index (χ0n) is 12.5. The first kappa shape index (κ1) is 13.7. The van der Waals surface area contributed by atoms with Gasteiger partial charge in [0.05, 0.1) is 0 Å². The highest BCUT2D eigenvalue weighted by atomic mass is 32.1. The van der Waals surface area contributed by atoms with Crippen LogP contribution in [-0.4, -0.2) is 0 Å². The molecule has 0 amide bonds. The maximum atomic E-state index is 2.44. The fraction of sp³-hybridized carbons (Fsp3) is 0.778. The SMILES string of the molecule is Cc1ccc(C2CCC(C3CCC(C)CC3)CC2)s1. The summed E-state index contributed by atoms with van der Waals surface area (Å²) in [7, 11) is 0. The third kappa shape index (κ3) is 3.24. The molecule has 1 aromatic rings. The van der Waals surface area contributed by atoms with Crippen molar-refractivity contribution >= 4 is 11.3 Å². The largest absolute Gasteiger partial charge is 0.145 e. The highest BCUT2D eigenvalue weighted by Gasteiger charge is 2.30. The van der Waals surface area contributed by atoms with Crippen molar-refractivity contribution in [2.75, 3.05) is 0 Å². The molecule has 0 aromatic carbocycles. The van der Waals surface area contributed by atoms with Gasteiger partial charge in [0, 0.05) is 9.75 Å². The number of rotatable bonds is 2. The third-order valence-corrected chi connectivity index (χ3v) is 6.83. The van der Waals surface area contributed by atoms with Crippen LogP contribution in [0.1, 0.15) is 74.0 Å². The normalized spacial score (nSPS) is 36.3. The van der Waals surface area contributed by atoms with Crippen molar-refractivity contribution in [1.82, 2.24) is 0 Å². The van der Waals surface area contributed by atoms with E-state index in [-0.39, 0.29) is 0 Å². The van der Waals surface area contributed by atoms with Gasteiger partial charge in [0.2, 0.25) is 0 Å². The quantitative estimate of drug-likeness (QED) is 0.607. The Labute approximate surface area is 122 Å². The van der Waals surface area contributed by atoms with E-state index in [1.165, 1.54) is 56.2 Å². The van der Waals surface area contributed by atoms with Gasteiger partial charge >= 0.3 is 0 Å². The molecule has 0 spiro atoms. The van der Waals surface area contributed by atoms with E-state index in [4.69, 9.17) is 0 Å². The van der Waals surface area contributed by atoms with Crippen LogP contribution in [0, 0.1) is 24.7 Å². The maximum absolute atomic E-state index is 2.44. The number of hydrogen-bond donors (Lipinski definition) is 0. The number of aryl methyl sites for hydroxylation is 1. The summed E-state index contributed by atoms with van der Waals surface area (Å²) in [4.78, 5) is 3.15. The smallest absolute Gasteiger partial charge is 0.00790 e. The molecule has 3 rings (SSSR count). The second kappa shape index (κ2) is 5.99. The van der Waals surface area contributed by atoms with Crippen molar-refractivity contribution in [1.29, 1.82) is 0 Å². The van der Waals surface area contributed by atoms with Crippen LogP contribution in [0.15, 0.2) is 12.1 Å². The molecule has 2 aliphatic carbocycles. The minimum atomic E-state index is 0.887. The van der Waals surface area contributed by atoms with E-state index < -0.39 is 0 Å². The molecule has 1 aromatic heterocycles. The zero-order valence-corrected chi connectivity index (χ0v) is 13.3. The summed E-state index contributed by atoms with van der Waals surface area (Å²) in [5, 5.41) is 0. The van der Waals surface area contributed by atoms with Gasteiger partial charge in [-0.25, -0.2) is 0 Å². The maximum Gasteiger partial charge on any atom is 0.00790 e. The van der Waals surface area contributed by atoms with E-state index in [2.05, 4.69) is 26.0 Å². The predicted molar refractivity (Wildman–Crippen MR) is 84.9 cm³/mol. The Hall–Kier alpha value is -0.300. The van der Waals surface area contributed by atoms with Crippen molar-refractivity contribution in [2.45, 2.75) is 71.1 Å². The fourth-order valence-corrected chi connectivity index (χ4v) is 5.35. The average Bonchev–Trinajstić information content (AvgIpc) is 2.87. The molecule has 19 heavy (non-hydrogen) atoms. The lowest BCUT2D eigenvalue weighted by atomic mass is 9.69. The highest BCUT2D eigenvalue weighted by Crippen LogP contribution is 2.44. The topological polar surface area (TPSA) is 0 Å². The summed E-state index contributed by atoms with van der Waals surface area (Å²) >= 11 is 2.03. The van der Waals surface area contributed by atoms with E-state index >= 15 is 0 Å². The van der Waals surface area contributed by atoms with Crippen LogP contribution in [0.25, 0.3) is 0 Å². The Kier molecular flexibility index (Phi) is 4.31. The zero-order chi connectivity index (χ0) is 13.2. The molecule has 2 fully saturated rings. The molecule has 1 heterocycles. The monoisotopic (exact) mass is 276 g/mol. The standard InChI is InChI=1S/C18H28S/c1-13-3-6-15(7-4-13)16-8-10-17(11-9-16)18-12-5-14(2)19-18/h5,12-13,15-17H,3-4,6-11H2,1-2H3. The molecular weight excluding hydrogens is 248 g/mol. The summed E-state index contributed by atoms with van der Waals surface area (Å²) < 4.78 is 0. The van der Waals surface area contributed by atoms with Crippen LogP contribution in [0.5, 0.6) is 0 Å². The summed E-state index contributed by atoms with van der Waals surface area (Å²) in [6, 6.07) is 4.68. The Balaban J connectivity index is 1.52. The van der Waals surface area contributed by atoms with Gasteiger partial charge in [0.15, 0.2) is 0 Å². The highest BCUT2D eigenvalue weighted by molar-refractivity contribution is 7.12. The Morgan fingerprint density at radius 1 is 0.842 bits per heavy atom. The molecule has 0 N–H and O–H groups in total. The molecule has 0 unspecified atom stereocenters. The van der Waals surface area contributed by atoms with Crippen LogP contribution in [0.3, 0.4) is 0 Å². The Morgan fingerprint density at radius 3 is 1.95 bits per heavy atom. The summed E-state index contributed by atoms with van der Waals surface area (Å²) in [6.45, 7) is 4.68. The first-order valence-corrected chi connectivity index (χ1v) is 9.10. The van der Waals surface area contributed by atoms with E-state index in [1.54, 1.807) is 4.88 Å². The first-order chi connectivity index (χ1) is 9.22. The van der Waals surface area contributed by atoms with Gasteiger partial charge in [-0.1, -0.05) is 19.8 Å². The molecule has 0 atom stereocenters. The minimum absolute atomic E-state index is 0.887. The van der Waals surface area contributed by atoms with Gasteiger partial charge in [0.25, 0.3) is 0 Å². The summed E-state index contributed by atoms with van der Waals surface area (Å²) in [6.07, 6.45) is 11.9. The summed E-state index contributed by atoms with van der Waals surface area (Å²) in [5.74, 6) is 4.02. The molecule has 2 aliphatic rings. The van der Waals surface area contributed by atoms with Crippen LogP contribution in [0.4, 0.5) is 0 Å². The molecule has 0 nitrogen and oxygen atoms in total. The van der Waals surface area contributed by atoms with Crippen LogP contribution < -0.4 is 0 Å². The van der Waals surface area contributed by atoms with E-state index in [1.807, 2.05) is 11.3 Å². The first-order valence-electron chi connectivity index (χ1n) is 8.28. The second-order valence-corrected chi connectivity index (χ2v) is 8.40. The van der Waals surface area contributed by atoms with Gasteiger partial charge in [0.1, 0.15) is 0 Å². The van der Waals surface area contributed by atoms with Crippen LogP contribution in [0.2, 0.25) is 0 Å². The lowest BCUT2D eigenvalue weighted by Crippen LogP contribution is -2.24. The van der Waals surface area contributed by atoms with Crippen molar-refractivity contribution < 1.29 is 0 Å². The van der Waals surface area contributed by atoms with Gasteiger partial charge in [-0.2, -0.15) is 0 Å². The molecule has 1 heteroatoms. The van der Waals surface area contributed by atoms with E-state index in [9.17, 15) is 0 Å². The molecule has 0 bridgehead atoms. The van der Waals surface area contributed by atoms with E-state index in [0.717, 1.165) is 23.7 Å². The van der Waals surface area contributed by atoms with Crippen molar-refractivity contribution in [3.63, 3.8) is 0 Å². The lowest BCUT2D eigenvalue weighted by Gasteiger charge is -2.37. The van der Waals surface area contributed by atoms with Crippen LogP contribution in [-0.2, 0) is 0 Å². The molecule has 0 aliphatic heterocycles. The van der Waals surface area contributed by atoms with Gasteiger partial charge in [-0.3, -0.25) is 0 Å². The minimum Gasteiger partial charge on any atom is -0.145 e. The molecule has 0 saturated heterocycles. The molecule has 106 valence electrons. The molecule has 2 saturated carbocycles. The predicted octanol–water partition coefficient (Wildman–Crippen LogP) is 6.16. The number of hydrogen-bond acceptors (Lipinski definition) is 1. The third-order valence-electron chi connectivity index (χ3n) is 5.66. The summed E-state index contributed by atoms with van der Waals surface area (Å²) in [5.41, 5.74) is 0. The van der Waals surface area contributed by atoms with Gasteiger partial charge < -0.3 is 0 Å². The molecule has 0 radical (unpaired) electrons. The van der Waals surface area contributed by atoms with E-state index in [0.29, 0.717) is 0 Å². The Morgan fingerprint density at radius 2 is 1.42 bits per heavy atom. The second-order valence-electron chi connectivity index (χ2n) is 7.08.